The van der Waals surface area contributed by atoms with Crippen molar-refractivity contribution in [1.82, 2.24) is 0 Å². The van der Waals surface area contributed by atoms with Crippen LogP contribution in [0.5, 0.6) is 17.2 Å². The number of hydrogen-bond donors (Lipinski definition) is 1. The van der Waals surface area contributed by atoms with Crippen LogP contribution in [0, 0.1) is 0 Å². The lowest BCUT2D eigenvalue weighted by Crippen LogP contribution is -2.16. The summed E-state index contributed by atoms with van der Waals surface area (Å²) in [5.41, 5.74) is 6.79. The maximum Gasteiger partial charge on any atom is 0.248 e. The Morgan fingerprint density at radius 1 is 1.15 bits per heavy atom. The van der Waals surface area contributed by atoms with Crippen LogP contribution in [0.25, 0.3) is 0 Å². The molecular formula is C21H25NO5. The SMILES string of the molecule is CCc1ccc(C(N)=O)cc1Oc1ccc(OCCO[C@H]2CCOC2)cc1. The molecule has 3 rings (SSSR count). The van der Waals surface area contributed by atoms with Crippen molar-refractivity contribution in [1.29, 1.82) is 0 Å². The maximum absolute atomic E-state index is 11.4. The predicted octanol–water partition coefficient (Wildman–Crippen LogP) is 3.32. The predicted molar refractivity (Wildman–Crippen MR) is 102 cm³/mol. The average Bonchev–Trinajstić information content (AvgIpc) is 3.20. The van der Waals surface area contributed by atoms with Crippen LogP contribution in [0.2, 0.25) is 0 Å². The highest BCUT2D eigenvalue weighted by molar-refractivity contribution is 5.93. The molecule has 0 unspecified atom stereocenters. The van der Waals surface area contributed by atoms with Gasteiger partial charge in [-0.25, -0.2) is 0 Å². The summed E-state index contributed by atoms with van der Waals surface area (Å²) >= 11 is 0. The van der Waals surface area contributed by atoms with Crippen LogP contribution in [0.1, 0.15) is 29.3 Å². The fourth-order valence-electron chi connectivity index (χ4n) is 2.84. The number of benzene rings is 2. The molecule has 144 valence electrons. The number of amides is 1. The Hall–Kier alpha value is -2.57. The van der Waals surface area contributed by atoms with Crippen molar-refractivity contribution in [3.05, 3.63) is 53.6 Å². The van der Waals surface area contributed by atoms with Gasteiger partial charge in [-0.1, -0.05) is 13.0 Å². The fraction of sp³-hybridized carbons (Fsp3) is 0.381. The Kier molecular flexibility index (Phi) is 6.68. The molecule has 6 heteroatoms. The summed E-state index contributed by atoms with van der Waals surface area (Å²) in [5, 5.41) is 0. The zero-order valence-corrected chi connectivity index (χ0v) is 15.5. The van der Waals surface area contributed by atoms with Crippen molar-refractivity contribution in [2.45, 2.75) is 25.9 Å². The second-order valence-electron chi connectivity index (χ2n) is 6.32. The molecule has 2 N–H and O–H groups in total. The van der Waals surface area contributed by atoms with E-state index in [-0.39, 0.29) is 6.10 Å². The molecule has 6 nitrogen and oxygen atoms in total. The molecule has 2 aromatic rings. The van der Waals surface area contributed by atoms with Gasteiger partial charge in [0.1, 0.15) is 23.9 Å². The lowest BCUT2D eigenvalue weighted by molar-refractivity contribution is 0.0265. The van der Waals surface area contributed by atoms with Crippen LogP contribution in [-0.2, 0) is 15.9 Å². The summed E-state index contributed by atoms with van der Waals surface area (Å²) in [7, 11) is 0. The van der Waals surface area contributed by atoms with Crippen LogP contribution in [-0.4, -0.2) is 38.4 Å². The van der Waals surface area contributed by atoms with E-state index in [0.29, 0.717) is 36.9 Å². The molecule has 1 saturated heterocycles. The van der Waals surface area contributed by atoms with Crippen LogP contribution in [0.3, 0.4) is 0 Å². The smallest absolute Gasteiger partial charge is 0.248 e. The zero-order chi connectivity index (χ0) is 19.1. The summed E-state index contributed by atoms with van der Waals surface area (Å²) in [6.07, 6.45) is 1.93. The van der Waals surface area contributed by atoms with Gasteiger partial charge in [0.05, 0.1) is 19.3 Å². The molecule has 27 heavy (non-hydrogen) atoms. The quantitative estimate of drug-likeness (QED) is 0.684. The third-order valence-corrected chi connectivity index (χ3v) is 4.38. The van der Waals surface area contributed by atoms with Crippen molar-refractivity contribution in [3.8, 4) is 17.2 Å². The van der Waals surface area contributed by atoms with Gasteiger partial charge in [-0.3, -0.25) is 4.79 Å². The van der Waals surface area contributed by atoms with E-state index < -0.39 is 5.91 Å². The van der Waals surface area contributed by atoms with E-state index in [1.165, 1.54) is 0 Å². The van der Waals surface area contributed by atoms with Crippen molar-refractivity contribution < 1.29 is 23.7 Å². The summed E-state index contributed by atoms with van der Waals surface area (Å²) in [6.45, 7) is 4.49. The van der Waals surface area contributed by atoms with Crippen LogP contribution < -0.4 is 15.2 Å². The number of nitrogens with two attached hydrogens (primary N) is 1. The summed E-state index contributed by atoms with van der Waals surface area (Å²) < 4.78 is 22.6. The summed E-state index contributed by atoms with van der Waals surface area (Å²) in [4.78, 5) is 11.4. The first-order valence-corrected chi connectivity index (χ1v) is 9.18. The highest BCUT2D eigenvalue weighted by Crippen LogP contribution is 2.28. The van der Waals surface area contributed by atoms with E-state index in [1.807, 2.05) is 37.3 Å². The second kappa shape index (κ2) is 9.39. The number of hydrogen-bond acceptors (Lipinski definition) is 5. The molecule has 1 amide bonds. The zero-order valence-electron chi connectivity index (χ0n) is 15.5. The van der Waals surface area contributed by atoms with Crippen molar-refractivity contribution >= 4 is 5.91 Å². The van der Waals surface area contributed by atoms with Gasteiger partial charge in [0, 0.05) is 12.2 Å². The van der Waals surface area contributed by atoms with E-state index in [1.54, 1.807) is 12.1 Å². The van der Waals surface area contributed by atoms with E-state index in [9.17, 15) is 4.79 Å². The van der Waals surface area contributed by atoms with E-state index in [4.69, 9.17) is 24.7 Å². The fourth-order valence-corrected chi connectivity index (χ4v) is 2.84. The molecule has 0 radical (unpaired) electrons. The monoisotopic (exact) mass is 371 g/mol. The molecule has 0 spiro atoms. The third kappa shape index (κ3) is 5.45. The molecule has 0 bridgehead atoms. The van der Waals surface area contributed by atoms with Gasteiger partial charge in [0.15, 0.2) is 0 Å². The average molecular weight is 371 g/mol. The molecule has 0 saturated carbocycles. The van der Waals surface area contributed by atoms with Crippen molar-refractivity contribution in [2.24, 2.45) is 5.73 Å². The molecule has 1 aliphatic rings. The van der Waals surface area contributed by atoms with Crippen molar-refractivity contribution in [3.63, 3.8) is 0 Å². The van der Waals surface area contributed by atoms with E-state index in [0.717, 1.165) is 30.8 Å². The summed E-state index contributed by atoms with van der Waals surface area (Å²) in [5.74, 6) is 1.57. The van der Waals surface area contributed by atoms with Gasteiger partial charge >= 0.3 is 0 Å². The maximum atomic E-state index is 11.4. The highest BCUT2D eigenvalue weighted by atomic mass is 16.6. The molecule has 1 atom stereocenters. The van der Waals surface area contributed by atoms with Crippen LogP contribution in [0.15, 0.2) is 42.5 Å². The Morgan fingerprint density at radius 2 is 1.93 bits per heavy atom. The van der Waals surface area contributed by atoms with E-state index in [2.05, 4.69) is 0 Å². The highest BCUT2D eigenvalue weighted by Gasteiger charge is 2.15. The largest absolute Gasteiger partial charge is 0.491 e. The molecule has 1 fully saturated rings. The van der Waals surface area contributed by atoms with Crippen LogP contribution >= 0.6 is 0 Å². The molecule has 1 aliphatic heterocycles. The molecule has 0 aromatic heterocycles. The lowest BCUT2D eigenvalue weighted by atomic mass is 10.1. The number of aryl methyl sites for hydroxylation is 1. The molecule has 2 aromatic carbocycles. The topological polar surface area (TPSA) is 80.0 Å². The van der Waals surface area contributed by atoms with Gasteiger partial charge in [-0.2, -0.15) is 0 Å². The second-order valence-corrected chi connectivity index (χ2v) is 6.32. The van der Waals surface area contributed by atoms with Gasteiger partial charge < -0.3 is 24.7 Å². The number of primary amides is 1. The Labute approximate surface area is 159 Å². The first-order valence-electron chi connectivity index (χ1n) is 9.18. The number of carbonyl (C=O) groups is 1. The third-order valence-electron chi connectivity index (χ3n) is 4.38. The minimum absolute atomic E-state index is 0.188. The molecular weight excluding hydrogens is 346 g/mol. The minimum atomic E-state index is -0.474. The van der Waals surface area contributed by atoms with Gasteiger partial charge in [-0.05, 0) is 54.8 Å². The Morgan fingerprint density at radius 3 is 2.59 bits per heavy atom. The van der Waals surface area contributed by atoms with Gasteiger partial charge in [-0.15, -0.1) is 0 Å². The number of rotatable bonds is 9. The Bertz CT molecular complexity index is 754. The summed E-state index contributed by atoms with van der Waals surface area (Å²) in [6, 6.07) is 12.6. The lowest BCUT2D eigenvalue weighted by Gasteiger charge is -2.13. The molecule has 1 heterocycles. The minimum Gasteiger partial charge on any atom is -0.491 e. The van der Waals surface area contributed by atoms with E-state index >= 15 is 0 Å². The van der Waals surface area contributed by atoms with Gasteiger partial charge in [0.25, 0.3) is 0 Å². The van der Waals surface area contributed by atoms with Crippen molar-refractivity contribution in [2.75, 3.05) is 26.4 Å². The Balaban J connectivity index is 1.54. The number of ether oxygens (including phenoxy) is 4. The first-order chi connectivity index (χ1) is 13.2. The molecule has 0 aliphatic carbocycles. The first kappa shape index (κ1) is 19.2. The standard InChI is InChI=1S/C21H25NO5/c1-2-15-3-4-16(21(22)23)13-20(15)27-18-7-5-17(6-8-18)25-11-12-26-19-9-10-24-14-19/h3-8,13,19H,2,9-12,14H2,1H3,(H2,22,23)/t19-/m0/s1. The van der Waals surface area contributed by atoms with Crippen LogP contribution in [0.4, 0.5) is 0 Å². The number of carbonyl (C=O) groups excluding carboxylic acids is 1. The van der Waals surface area contributed by atoms with Gasteiger partial charge in [0.2, 0.25) is 5.91 Å². The normalized spacial score (nSPS) is 16.3.